The van der Waals surface area contributed by atoms with Crippen LogP contribution < -0.4 is 10.1 Å². The molecule has 0 saturated carbocycles. The molecule has 2 nitrogen and oxygen atoms in total. The van der Waals surface area contributed by atoms with Gasteiger partial charge in [-0.05, 0) is 26.0 Å². The topological polar surface area (TPSA) is 21.3 Å². The van der Waals surface area contributed by atoms with E-state index in [0.29, 0.717) is 0 Å². The molecule has 1 aliphatic rings. The first-order chi connectivity index (χ1) is 6.12. The molecule has 2 rings (SSSR count). The van der Waals surface area contributed by atoms with Crippen molar-refractivity contribution in [1.29, 1.82) is 0 Å². The highest BCUT2D eigenvalue weighted by Crippen LogP contribution is 2.37. The minimum atomic E-state index is 0.164. The lowest BCUT2D eigenvalue weighted by atomic mass is 10.00. The van der Waals surface area contributed by atoms with Gasteiger partial charge in [0, 0.05) is 23.2 Å². The number of rotatable bonds is 1. The standard InChI is InChI=1S/C11H15NO/c1-11(2)7-8-9(12-11)5-4-6-10(8)13-3/h4-6,12H,7H2,1-3H3. The summed E-state index contributed by atoms with van der Waals surface area (Å²) in [6, 6.07) is 6.14. The lowest BCUT2D eigenvalue weighted by molar-refractivity contribution is 0.408. The predicted octanol–water partition coefficient (Wildman–Crippen LogP) is 2.44. The zero-order valence-electron chi connectivity index (χ0n) is 8.35. The van der Waals surface area contributed by atoms with Gasteiger partial charge in [0.25, 0.3) is 0 Å². The van der Waals surface area contributed by atoms with Crippen molar-refractivity contribution in [2.24, 2.45) is 0 Å². The summed E-state index contributed by atoms with van der Waals surface area (Å²) in [5.41, 5.74) is 2.68. The van der Waals surface area contributed by atoms with Crippen LogP contribution in [0.3, 0.4) is 0 Å². The maximum Gasteiger partial charge on any atom is 0.124 e. The molecule has 70 valence electrons. The zero-order chi connectivity index (χ0) is 9.47. The molecule has 1 aliphatic heterocycles. The molecule has 1 heterocycles. The summed E-state index contributed by atoms with van der Waals surface area (Å²) in [4.78, 5) is 0. The van der Waals surface area contributed by atoms with E-state index < -0.39 is 0 Å². The summed E-state index contributed by atoms with van der Waals surface area (Å²) >= 11 is 0. The van der Waals surface area contributed by atoms with Crippen LogP contribution in [0.5, 0.6) is 5.75 Å². The van der Waals surface area contributed by atoms with Crippen LogP contribution in [-0.4, -0.2) is 12.6 Å². The highest BCUT2D eigenvalue weighted by molar-refractivity contribution is 5.63. The fourth-order valence-electron chi connectivity index (χ4n) is 1.91. The first-order valence-electron chi connectivity index (χ1n) is 4.56. The summed E-state index contributed by atoms with van der Waals surface area (Å²) in [7, 11) is 1.72. The third kappa shape index (κ3) is 1.37. The van der Waals surface area contributed by atoms with Gasteiger partial charge in [-0.2, -0.15) is 0 Å². The van der Waals surface area contributed by atoms with Crippen LogP contribution in [0.15, 0.2) is 18.2 Å². The second-order valence-electron chi connectivity index (χ2n) is 4.17. The molecule has 2 heteroatoms. The number of fused-ring (bicyclic) bond motifs is 1. The molecule has 0 aliphatic carbocycles. The molecule has 1 aromatic rings. The number of methoxy groups -OCH3 is 1. The van der Waals surface area contributed by atoms with Crippen molar-refractivity contribution in [3.8, 4) is 5.75 Å². The molecule has 0 aromatic heterocycles. The first-order valence-corrected chi connectivity index (χ1v) is 4.56. The highest BCUT2D eigenvalue weighted by Gasteiger charge is 2.29. The molecule has 1 N–H and O–H groups in total. The monoisotopic (exact) mass is 177 g/mol. The molecule has 13 heavy (non-hydrogen) atoms. The van der Waals surface area contributed by atoms with Crippen molar-refractivity contribution in [1.82, 2.24) is 0 Å². The van der Waals surface area contributed by atoms with Crippen LogP contribution in [0.1, 0.15) is 19.4 Å². The zero-order valence-corrected chi connectivity index (χ0v) is 8.35. The molecular formula is C11H15NO. The Balaban J connectivity index is 2.45. The largest absolute Gasteiger partial charge is 0.496 e. The van der Waals surface area contributed by atoms with E-state index in [9.17, 15) is 0 Å². The molecule has 0 amide bonds. The lowest BCUT2D eigenvalue weighted by Gasteiger charge is -2.17. The summed E-state index contributed by atoms with van der Waals surface area (Å²) in [5.74, 6) is 0.996. The average molecular weight is 177 g/mol. The number of hydrogen-bond acceptors (Lipinski definition) is 2. The molecular weight excluding hydrogens is 162 g/mol. The number of ether oxygens (including phenoxy) is 1. The Morgan fingerprint density at radius 2 is 2.15 bits per heavy atom. The van der Waals surface area contributed by atoms with Gasteiger partial charge in [-0.15, -0.1) is 0 Å². The van der Waals surface area contributed by atoms with Crippen molar-refractivity contribution in [3.63, 3.8) is 0 Å². The van der Waals surface area contributed by atoms with Gasteiger partial charge in [0.15, 0.2) is 0 Å². The Kier molecular flexibility index (Phi) is 1.72. The van der Waals surface area contributed by atoms with Crippen molar-refractivity contribution in [2.45, 2.75) is 25.8 Å². The predicted molar refractivity (Wildman–Crippen MR) is 54.4 cm³/mol. The van der Waals surface area contributed by atoms with E-state index in [1.807, 2.05) is 12.1 Å². The van der Waals surface area contributed by atoms with Crippen molar-refractivity contribution in [3.05, 3.63) is 23.8 Å². The van der Waals surface area contributed by atoms with Gasteiger partial charge in [0.05, 0.1) is 7.11 Å². The van der Waals surface area contributed by atoms with E-state index in [1.165, 1.54) is 11.3 Å². The molecule has 1 aromatic carbocycles. The molecule has 0 spiro atoms. The van der Waals surface area contributed by atoms with Crippen LogP contribution in [0.4, 0.5) is 5.69 Å². The van der Waals surface area contributed by atoms with Crippen LogP contribution in [0.25, 0.3) is 0 Å². The minimum Gasteiger partial charge on any atom is -0.496 e. The average Bonchev–Trinajstić information content (AvgIpc) is 2.37. The number of hydrogen-bond donors (Lipinski definition) is 1. The maximum atomic E-state index is 5.31. The van der Waals surface area contributed by atoms with Crippen molar-refractivity contribution in [2.75, 3.05) is 12.4 Å². The highest BCUT2D eigenvalue weighted by atomic mass is 16.5. The number of nitrogens with one attached hydrogen (secondary N) is 1. The van der Waals surface area contributed by atoms with Gasteiger partial charge in [0.2, 0.25) is 0 Å². The SMILES string of the molecule is COc1cccc2c1CC(C)(C)N2. The normalized spacial score (nSPS) is 17.8. The van der Waals surface area contributed by atoms with Crippen LogP contribution >= 0.6 is 0 Å². The summed E-state index contributed by atoms with van der Waals surface area (Å²) in [5, 5.41) is 3.47. The Morgan fingerprint density at radius 3 is 2.85 bits per heavy atom. The lowest BCUT2D eigenvalue weighted by Crippen LogP contribution is -2.27. The van der Waals surface area contributed by atoms with Gasteiger partial charge in [-0.1, -0.05) is 6.07 Å². The quantitative estimate of drug-likeness (QED) is 0.711. The van der Waals surface area contributed by atoms with E-state index in [4.69, 9.17) is 4.74 Å². The van der Waals surface area contributed by atoms with E-state index in [-0.39, 0.29) is 5.54 Å². The number of anilines is 1. The van der Waals surface area contributed by atoms with Crippen LogP contribution in [0.2, 0.25) is 0 Å². The Bertz CT molecular complexity index is 331. The molecule has 0 radical (unpaired) electrons. The second-order valence-corrected chi connectivity index (χ2v) is 4.17. The van der Waals surface area contributed by atoms with E-state index >= 15 is 0 Å². The summed E-state index contributed by atoms with van der Waals surface area (Å²) in [6.45, 7) is 4.40. The first kappa shape index (κ1) is 8.42. The molecule has 0 unspecified atom stereocenters. The maximum absolute atomic E-state index is 5.31. The van der Waals surface area contributed by atoms with Crippen molar-refractivity contribution < 1.29 is 4.74 Å². The van der Waals surface area contributed by atoms with Gasteiger partial charge in [-0.3, -0.25) is 0 Å². The fraction of sp³-hybridized carbons (Fsp3) is 0.455. The Hall–Kier alpha value is -1.18. The van der Waals surface area contributed by atoms with Crippen molar-refractivity contribution >= 4 is 5.69 Å². The molecule has 0 fully saturated rings. The van der Waals surface area contributed by atoms with Gasteiger partial charge >= 0.3 is 0 Å². The van der Waals surface area contributed by atoms with E-state index in [0.717, 1.165) is 12.2 Å². The summed E-state index contributed by atoms with van der Waals surface area (Å²) < 4.78 is 5.31. The molecule has 0 bridgehead atoms. The molecule has 0 atom stereocenters. The summed E-state index contributed by atoms with van der Waals surface area (Å²) in [6.07, 6.45) is 1.03. The minimum absolute atomic E-state index is 0.164. The third-order valence-corrected chi connectivity index (χ3v) is 2.44. The van der Waals surface area contributed by atoms with Gasteiger partial charge in [0.1, 0.15) is 5.75 Å². The van der Waals surface area contributed by atoms with Gasteiger partial charge < -0.3 is 10.1 Å². The number of benzene rings is 1. The van der Waals surface area contributed by atoms with E-state index in [1.54, 1.807) is 7.11 Å². The Labute approximate surface area is 78.9 Å². The fourth-order valence-corrected chi connectivity index (χ4v) is 1.91. The van der Waals surface area contributed by atoms with Crippen LogP contribution in [-0.2, 0) is 6.42 Å². The third-order valence-electron chi connectivity index (χ3n) is 2.44. The van der Waals surface area contributed by atoms with Gasteiger partial charge in [-0.25, -0.2) is 0 Å². The van der Waals surface area contributed by atoms with E-state index in [2.05, 4.69) is 25.2 Å². The Morgan fingerprint density at radius 1 is 1.38 bits per heavy atom. The van der Waals surface area contributed by atoms with Crippen LogP contribution in [0, 0.1) is 0 Å². The second kappa shape index (κ2) is 2.66. The smallest absolute Gasteiger partial charge is 0.124 e. The molecule has 0 saturated heterocycles.